The maximum Gasteiger partial charge on any atom is 0.227 e. The molecule has 0 unspecified atom stereocenters. The second-order valence-electron chi connectivity index (χ2n) is 6.59. The molecule has 132 valence electrons. The van der Waals surface area contributed by atoms with Gasteiger partial charge in [0.15, 0.2) is 0 Å². The normalized spacial score (nSPS) is 17.7. The van der Waals surface area contributed by atoms with E-state index in [0.717, 1.165) is 50.0 Å². The molecule has 1 aliphatic carbocycles. The lowest BCUT2D eigenvalue weighted by molar-refractivity contribution is -0.130. The molecule has 0 atom stereocenters. The smallest absolute Gasteiger partial charge is 0.227 e. The third-order valence-corrected chi connectivity index (χ3v) is 4.68. The fourth-order valence-electron chi connectivity index (χ4n) is 3.10. The number of halogens is 1. The van der Waals surface area contributed by atoms with Gasteiger partial charge in [0.25, 0.3) is 0 Å². The van der Waals surface area contributed by atoms with Gasteiger partial charge in [0.1, 0.15) is 0 Å². The lowest BCUT2D eigenvalue weighted by Gasteiger charge is -2.22. The number of nitrogens with zero attached hydrogens (tertiary/aromatic N) is 1. The number of piperidine rings is 1. The Bertz CT molecular complexity index is 566. The number of nitrogens with one attached hydrogen (secondary N) is 2. The van der Waals surface area contributed by atoms with Crippen LogP contribution >= 0.6 is 12.4 Å². The minimum absolute atomic E-state index is 0. The summed E-state index contributed by atoms with van der Waals surface area (Å²) in [4.78, 5) is 25.8. The van der Waals surface area contributed by atoms with Crippen molar-refractivity contribution in [2.45, 2.75) is 45.2 Å². The molecule has 1 saturated heterocycles. The van der Waals surface area contributed by atoms with Crippen LogP contribution in [0.25, 0.3) is 0 Å². The highest BCUT2D eigenvalue weighted by Gasteiger charge is 2.30. The number of carbonyl (C=O) groups excluding carboxylic acids is 2. The van der Waals surface area contributed by atoms with E-state index in [0.29, 0.717) is 12.6 Å². The van der Waals surface area contributed by atoms with Crippen LogP contribution in [0.15, 0.2) is 24.3 Å². The minimum atomic E-state index is 0. The monoisotopic (exact) mass is 351 g/mol. The van der Waals surface area contributed by atoms with Crippen molar-refractivity contribution in [1.29, 1.82) is 0 Å². The molecule has 2 N–H and O–H groups in total. The Labute approximate surface area is 149 Å². The largest absolute Gasteiger partial charge is 0.336 e. The Morgan fingerprint density at radius 2 is 1.75 bits per heavy atom. The molecule has 0 aromatic heterocycles. The van der Waals surface area contributed by atoms with E-state index in [1.165, 1.54) is 0 Å². The third kappa shape index (κ3) is 4.95. The second kappa shape index (κ2) is 8.49. The van der Waals surface area contributed by atoms with Crippen LogP contribution in [0, 0.1) is 5.92 Å². The van der Waals surface area contributed by atoms with E-state index >= 15 is 0 Å². The van der Waals surface area contributed by atoms with Crippen molar-refractivity contribution in [2.75, 3.05) is 18.4 Å². The molecule has 24 heavy (non-hydrogen) atoms. The average molecular weight is 352 g/mol. The van der Waals surface area contributed by atoms with Crippen LogP contribution in [0.5, 0.6) is 0 Å². The summed E-state index contributed by atoms with van der Waals surface area (Å²) in [5.74, 6) is 0.359. The first-order chi connectivity index (χ1) is 11.1. The molecule has 1 heterocycles. The molecule has 1 aromatic carbocycles. The summed E-state index contributed by atoms with van der Waals surface area (Å²) in [6, 6.07) is 8.28. The first-order valence-corrected chi connectivity index (χ1v) is 8.51. The van der Waals surface area contributed by atoms with E-state index in [1.807, 2.05) is 29.2 Å². The molecular formula is C18H26ClN3O2. The number of amides is 2. The zero-order valence-electron chi connectivity index (χ0n) is 14.1. The molecular weight excluding hydrogens is 326 g/mol. The molecule has 6 heteroatoms. The molecule has 1 aromatic rings. The molecule has 5 nitrogen and oxygen atoms in total. The number of hydrogen-bond donors (Lipinski definition) is 2. The van der Waals surface area contributed by atoms with Gasteiger partial charge in [-0.15, -0.1) is 12.4 Å². The Morgan fingerprint density at radius 3 is 2.29 bits per heavy atom. The zero-order chi connectivity index (χ0) is 16.2. The summed E-state index contributed by atoms with van der Waals surface area (Å²) in [6.45, 7) is 4.12. The zero-order valence-corrected chi connectivity index (χ0v) is 14.9. The van der Waals surface area contributed by atoms with E-state index in [9.17, 15) is 9.59 Å². The third-order valence-electron chi connectivity index (χ3n) is 4.68. The lowest BCUT2D eigenvalue weighted by Crippen LogP contribution is -2.34. The second-order valence-corrected chi connectivity index (χ2v) is 6.59. The Morgan fingerprint density at radius 1 is 1.12 bits per heavy atom. The fraction of sp³-hybridized carbons (Fsp3) is 0.556. The van der Waals surface area contributed by atoms with Gasteiger partial charge >= 0.3 is 0 Å². The highest BCUT2D eigenvalue weighted by Crippen LogP contribution is 2.28. The SMILES string of the molecule is CC(=O)N(Cc1ccc(NC(=O)C2CCNCC2)cc1)C1CC1.Cl. The predicted octanol–water partition coefficient (Wildman–Crippen LogP) is 2.56. The van der Waals surface area contributed by atoms with Crippen molar-refractivity contribution in [1.82, 2.24) is 10.2 Å². The van der Waals surface area contributed by atoms with Crippen LogP contribution in [0.3, 0.4) is 0 Å². The van der Waals surface area contributed by atoms with Crippen molar-refractivity contribution in [3.8, 4) is 0 Å². The Balaban J connectivity index is 0.00000208. The quantitative estimate of drug-likeness (QED) is 0.857. The maximum atomic E-state index is 12.2. The van der Waals surface area contributed by atoms with Crippen molar-refractivity contribution >= 4 is 29.9 Å². The van der Waals surface area contributed by atoms with Crippen molar-refractivity contribution in [3.05, 3.63) is 29.8 Å². The lowest BCUT2D eigenvalue weighted by atomic mass is 9.97. The van der Waals surface area contributed by atoms with Crippen LogP contribution < -0.4 is 10.6 Å². The summed E-state index contributed by atoms with van der Waals surface area (Å²) in [5, 5.41) is 6.27. The van der Waals surface area contributed by atoms with Crippen LogP contribution in [0.2, 0.25) is 0 Å². The van der Waals surface area contributed by atoms with Crippen molar-refractivity contribution < 1.29 is 9.59 Å². The van der Waals surface area contributed by atoms with Crippen LogP contribution in [0.1, 0.15) is 38.2 Å². The maximum absolute atomic E-state index is 12.2. The van der Waals surface area contributed by atoms with E-state index in [-0.39, 0.29) is 30.1 Å². The summed E-state index contributed by atoms with van der Waals surface area (Å²) >= 11 is 0. The summed E-state index contributed by atoms with van der Waals surface area (Å²) in [6.07, 6.45) is 4.03. The van der Waals surface area contributed by atoms with Gasteiger partial charge in [-0.05, 0) is 56.5 Å². The summed E-state index contributed by atoms with van der Waals surface area (Å²) < 4.78 is 0. The fourth-order valence-corrected chi connectivity index (χ4v) is 3.10. The van der Waals surface area contributed by atoms with Gasteiger partial charge in [-0.3, -0.25) is 9.59 Å². The number of benzene rings is 1. The highest BCUT2D eigenvalue weighted by molar-refractivity contribution is 5.92. The van der Waals surface area contributed by atoms with E-state index in [2.05, 4.69) is 10.6 Å². The van der Waals surface area contributed by atoms with Gasteiger partial charge in [0.2, 0.25) is 11.8 Å². The first-order valence-electron chi connectivity index (χ1n) is 8.51. The van der Waals surface area contributed by atoms with E-state index in [4.69, 9.17) is 0 Å². The van der Waals surface area contributed by atoms with Gasteiger partial charge in [-0.25, -0.2) is 0 Å². The van der Waals surface area contributed by atoms with Crippen LogP contribution in [0.4, 0.5) is 5.69 Å². The number of carbonyl (C=O) groups is 2. The first kappa shape index (κ1) is 18.7. The summed E-state index contributed by atoms with van der Waals surface area (Å²) in [7, 11) is 0. The topological polar surface area (TPSA) is 61.4 Å². The molecule has 0 radical (unpaired) electrons. The van der Waals surface area contributed by atoms with Gasteiger partial charge in [-0.2, -0.15) is 0 Å². The molecule has 0 bridgehead atoms. The number of anilines is 1. The molecule has 2 aliphatic rings. The Hall–Kier alpha value is -1.59. The van der Waals surface area contributed by atoms with E-state index in [1.54, 1.807) is 6.92 Å². The van der Waals surface area contributed by atoms with Crippen LogP contribution in [-0.4, -0.2) is 35.8 Å². The molecule has 2 amide bonds. The molecule has 3 rings (SSSR count). The van der Waals surface area contributed by atoms with Crippen molar-refractivity contribution in [2.24, 2.45) is 5.92 Å². The summed E-state index contributed by atoms with van der Waals surface area (Å²) in [5.41, 5.74) is 1.94. The van der Waals surface area contributed by atoms with Crippen molar-refractivity contribution in [3.63, 3.8) is 0 Å². The van der Waals surface area contributed by atoms with Gasteiger partial charge in [0, 0.05) is 31.1 Å². The predicted molar refractivity (Wildman–Crippen MR) is 97.2 cm³/mol. The molecule has 1 saturated carbocycles. The molecule has 1 aliphatic heterocycles. The van der Waals surface area contributed by atoms with E-state index < -0.39 is 0 Å². The number of rotatable bonds is 5. The van der Waals surface area contributed by atoms with Gasteiger partial charge < -0.3 is 15.5 Å². The van der Waals surface area contributed by atoms with Gasteiger partial charge in [-0.1, -0.05) is 12.1 Å². The average Bonchev–Trinajstić information content (AvgIpc) is 3.39. The van der Waals surface area contributed by atoms with Crippen LogP contribution in [-0.2, 0) is 16.1 Å². The minimum Gasteiger partial charge on any atom is -0.336 e. The number of hydrogen-bond acceptors (Lipinski definition) is 3. The molecule has 0 spiro atoms. The standard InChI is InChI=1S/C18H25N3O2.ClH/c1-13(22)21(17-6-7-17)12-14-2-4-16(5-3-14)20-18(23)15-8-10-19-11-9-15;/h2-5,15,17,19H,6-12H2,1H3,(H,20,23);1H. The van der Waals surface area contributed by atoms with Gasteiger partial charge in [0.05, 0.1) is 0 Å². The Kier molecular flexibility index (Phi) is 6.63. The molecule has 2 fully saturated rings. The highest BCUT2D eigenvalue weighted by atomic mass is 35.5.